The van der Waals surface area contributed by atoms with Crippen LogP contribution in [0.1, 0.15) is 36.8 Å². The van der Waals surface area contributed by atoms with Gasteiger partial charge in [0.2, 0.25) is 0 Å². The highest BCUT2D eigenvalue weighted by Gasteiger charge is 2.39. The lowest BCUT2D eigenvalue weighted by molar-refractivity contribution is 0.0924. The van der Waals surface area contributed by atoms with Gasteiger partial charge in [0, 0.05) is 31.5 Å². The number of anilines is 2. The number of aromatic nitrogens is 1. The van der Waals surface area contributed by atoms with E-state index in [4.69, 9.17) is 11.6 Å². The summed E-state index contributed by atoms with van der Waals surface area (Å²) in [7, 11) is 3.51. The monoisotopic (exact) mass is 447 g/mol. The molecule has 0 atom stereocenters. The van der Waals surface area contributed by atoms with Crippen molar-refractivity contribution in [3.63, 3.8) is 0 Å². The molecule has 1 aliphatic rings. The number of halogens is 1. The Morgan fingerprint density at radius 3 is 2.59 bits per heavy atom. The van der Waals surface area contributed by atoms with Crippen LogP contribution in [-0.2, 0) is 0 Å². The number of amides is 3. The summed E-state index contributed by atoms with van der Waals surface area (Å²) >= 11 is 6.41. The van der Waals surface area contributed by atoms with Gasteiger partial charge in [-0.15, -0.1) is 0 Å². The smallest absolute Gasteiger partial charge is 0.274 e. The number of nitrogens with one attached hydrogen (secondary N) is 1. The summed E-state index contributed by atoms with van der Waals surface area (Å²) in [5, 5.41) is 8.59. The van der Waals surface area contributed by atoms with Gasteiger partial charge < -0.3 is 10.3 Å². The molecule has 4 rings (SSSR count). The molecule has 3 aromatic rings. The number of carbonyl (C=O) groups excluding carboxylic acids is 3. The Labute approximate surface area is 189 Å². The summed E-state index contributed by atoms with van der Waals surface area (Å²) in [5.74, 6) is -1.37. The highest BCUT2D eigenvalue weighted by Crippen LogP contribution is 2.35. The molecule has 1 aromatic heterocycles. The third kappa shape index (κ3) is 3.95. The SMILES string of the molecule is CN(C)/N=C/c1cccc2c1C(=O)N(c1ccc(NC(=O)c3ccccn3)cc1Cl)C2=O. The first-order valence-corrected chi connectivity index (χ1v) is 9.99. The second kappa shape index (κ2) is 8.60. The second-order valence-corrected chi connectivity index (χ2v) is 7.55. The fourth-order valence-electron chi connectivity index (χ4n) is 3.27. The van der Waals surface area contributed by atoms with Crippen molar-refractivity contribution in [2.24, 2.45) is 5.10 Å². The van der Waals surface area contributed by atoms with Crippen molar-refractivity contribution in [1.29, 1.82) is 0 Å². The van der Waals surface area contributed by atoms with Crippen molar-refractivity contribution in [2.75, 3.05) is 24.3 Å². The maximum atomic E-state index is 13.2. The van der Waals surface area contributed by atoms with Crippen molar-refractivity contribution in [1.82, 2.24) is 9.99 Å². The number of pyridine rings is 1. The van der Waals surface area contributed by atoms with Crippen LogP contribution in [0.15, 0.2) is 65.9 Å². The van der Waals surface area contributed by atoms with E-state index in [2.05, 4.69) is 15.4 Å². The topological polar surface area (TPSA) is 95.0 Å². The molecular weight excluding hydrogens is 430 g/mol. The summed E-state index contributed by atoms with van der Waals surface area (Å²) in [4.78, 5) is 43.5. The van der Waals surface area contributed by atoms with E-state index in [1.807, 2.05) is 0 Å². The van der Waals surface area contributed by atoms with E-state index in [1.54, 1.807) is 61.6 Å². The lowest BCUT2D eigenvalue weighted by atomic mass is 10.0. The first kappa shape index (κ1) is 21.2. The molecular formula is C23H18ClN5O3. The van der Waals surface area contributed by atoms with Crippen molar-refractivity contribution >= 4 is 46.9 Å². The Hall–Kier alpha value is -4.04. The van der Waals surface area contributed by atoms with Crippen molar-refractivity contribution in [3.8, 4) is 0 Å². The third-order valence-corrected chi connectivity index (χ3v) is 5.02. The number of carbonyl (C=O) groups is 3. The summed E-state index contributed by atoms with van der Waals surface area (Å²) in [6.07, 6.45) is 3.05. The molecule has 0 aliphatic carbocycles. The minimum absolute atomic E-state index is 0.141. The van der Waals surface area contributed by atoms with Crippen molar-refractivity contribution in [2.45, 2.75) is 0 Å². The highest BCUT2D eigenvalue weighted by atomic mass is 35.5. The molecule has 0 radical (unpaired) electrons. The molecule has 0 spiro atoms. The van der Waals surface area contributed by atoms with Gasteiger partial charge in [-0.25, -0.2) is 4.90 Å². The maximum Gasteiger partial charge on any atom is 0.274 e. The van der Waals surface area contributed by atoms with Crippen LogP contribution in [0, 0.1) is 0 Å². The van der Waals surface area contributed by atoms with E-state index in [0.29, 0.717) is 11.3 Å². The number of rotatable bonds is 5. The zero-order valence-corrected chi connectivity index (χ0v) is 18.0. The number of nitrogens with zero attached hydrogens (tertiary/aromatic N) is 4. The molecule has 0 fully saturated rings. The Balaban J connectivity index is 1.63. The Kier molecular flexibility index (Phi) is 5.70. The van der Waals surface area contributed by atoms with Gasteiger partial charge in [-0.05, 0) is 36.4 Å². The second-order valence-electron chi connectivity index (χ2n) is 7.14. The number of benzene rings is 2. The normalized spacial score (nSPS) is 12.9. The van der Waals surface area contributed by atoms with E-state index in [9.17, 15) is 14.4 Å². The maximum absolute atomic E-state index is 13.2. The molecule has 3 amide bonds. The average molecular weight is 448 g/mol. The third-order valence-electron chi connectivity index (χ3n) is 4.72. The fraction of sp³-hybridized carbons (Fsp3) is 0.0870. The van der Waals surface area contributed by atoms with E-state index in [0.717, 1.165) is 4.90 Å². The van der Waals surface area contributed by atoms with Gasteiger partial charge in [-0.2, -0.15) is 5.10 Å². The van der Waals surface area contributed by atoms with Crippen LogP contribution in [0.3, 0.4) is 0 Å². The molecule has 8 nitrogen and oxygen atoms in total. The van der Waals surface area contributed by atoms with Gasteiger partial charge in [0.05, 0.1) is 28.1 Å². The Bertz CT molecular complexity index is 1260. The molecule has 9 heteroatoms. The summed E-state index contributed by atoms with van der Waals surface area (Å²) in [6.45, 7) is 0. The molecule has 0 unspecified atom stereocenters. The van der Waals surface area contributed by atoms with Gasteiger partial charge in [-0.3, -0.25) is 19.4 Å². The zero-order chi connectivity index (χ0) is 22.8. The predicted molar refractivity (Wildman–Crippen MR) is 123 cm³/mol. The summed E-state index contributed by atoms with van der Waals surface area (Å²) < 4.78 is 0. The quantitative estimate of drug-likeness (QED) is 0.365. The summed E-state index contributed by atoms with van der Waals surface area (Å²) in [5.41, 5.74) is 1.97. The minimum atomic E-state index is -0.488. The molecule has 0 saturated heterocycles. The van der Waals surface area contributed by atoms with Crippen LogP contribution in [0.5, 0.6) is 0 Å². The number of hydrogen-bond donors (Lipinski definition) is 1. The molecule has 0 bridgehead atoms. The molecule has 2 aromatic carbocycles. The number of hydrogen-bond acceptors (Lipinski definition) is 6. The molecule has 1 aliphatic heterocycles. The standard InChI is InChI=1S/C23H18ClN5O3/c1-28(2)26-13-14-6-5-7-16-20(14)23(32)29(22(16)31)19-10-9-15(12-17(19)24)27-21(30)18-8-3-4-11-25-18/h3-13H,1-2H3,(H,27,30)/b26-13+. The van der Waals surface area contributed by atoms with Gasteiger partial charge in [-0.1, -0.05) is 29.8 Å². The first-order valence-electron chi connectivity index (χ1n) is 9.62. The predicted octanol–water partition coefficient (Wildman–Crippen LogP) is 3.68. The molecule has 0 saturated carbocycles. The molecule has 1 N–H and O–H groups in total. The van der Waals surface area contributed by atoms with Crippen LogP contribution >= 0.6 is 11.6 Å². The summed E-state index contributed by atoms with van der Waals surface area (Å²) in [6, 6.07) is 14.6. The number of fused-ring (bicyclic) bond motifs is 1. The van der Waals surface area contributed by atoms with Gasteiger partial charge >= 0.3 is 0 Å². The van der Waals surface area contributed by atoms with Gasteiger partial charge in [0.25, 0.3) is 17.7 Å². The molecule has 160 valence electrons. The fourth-order valence-corrected chi connectivity index (χ4v) is 3.54. The van der Waals surface area contributed by atoms with E-state index < -0.39 is 17.7 Å². The number of hydrazone groups is 1. The Morgan fingerprint density at radius 1 is 1.09 bits per heavy atom. The molecule has 2 heterocycles. The average Bonchev–Trinajstić information content (AvgIpc) is 3.04. The molecule has 32 heavy (non-hydrogen) atoms. The van der Waals surface area contributed by atoms with Gasteiger partial charge in [0.1, 0.15) is 5.69 Å². The minimum Gasteiger partial charge on any atom is -0.321 e. The van der Waals surface area contributed by atoms with Gasteiger partial charge in [0.15, 0.2) is 0 Å². The Morgan fingerprint density at radius 2 is 1.91 bits per heavy atom. The largest absolute Gasteiger partial charge is 0.321 e. The van der Waals surface area contributed by atoms with E-state index in [-0.39, 0.29) is 27.5 Å². The van der Waals surface area contributed by atoms with Crippen LogP contribution in [0.25, 0.3) is 0 Å². The van der Waals surface area contributed by atoms with Crippen LogP contribution in [-0.4, -0.2) is 48.0 Å². The lowest BCUT2D eigenvalue weighted by Gasteiger charge is -2.16. The first-order chi connectivity index (χ1) is 15.4. The number of imide groups is 1. The highest BCUT2D eigenvalue weighted by molar-refractivity contribution is 6.40. The van der Waals surface area contributed by atoms with Crippen LogP contribution < -0.4 is 10.2 Å². The lowest BCUT2D eigenvalue weighted by Crippen LogP contribution is -2.29. The van der Waals surface area contributed by atoms with Crippen LogP contribution in [0.2, 0.25) is 5.02 Å². The zero-order valence-electron chi connectivity index (χ0n) is 17.2. The van der Waals surface area contributed by atoms with E-state index >= 15 is 0 Å². The van der Waals surface area contributed by atoms with Crippen molar-refractivity contribution in [3.05, 3.63) is 88.2 Å². The van der Waals surface area contributed by atoms with E-state index in [1.165, 1.54) is 24.5 Å². The van der Waals surface area contributed by atoms with Crippen molar-refractivity contribution < 1.29 is 14.4 Å². The van der Waals surface area contributed by atoms with Crippen LogP contribution in [0.4, 0.5) is 11.4 Å².